The normalized spacial score (nSPS) is 15.1. The first-order chi connectivity index (χ1) is 21.8. The van der Waals surface area contributed by atoms with Crippen molar-refractivity contribution in [2.75, 3.05) is 6.61 Å². The van der Waals surface area contributed by atoms with Crippen molar-refractivity contribution in [3.8, 4) is 0 Å². The second kappa shape index (κ2) is 13.0. The van der Waals surface area contributed by atoms with E-state index in [2.05, 4.69) is 55.8 Å². The predicted octanol–water partition coefficient (Wildman–Crippen LogP) is 7.36. The Morgan fingerprint density at radius 3 is 2.47 bits per heavy atom. The first-order valence-corrected chi connectivity index (χ1v) is 16.6. The van der Waals surface area contributed by atoms with E-state index in [-0.39, 0.29) is 12.2 Å². The number of carbonyl (C=O) groups excluding carboxylic acids is 1. The highest BCUT2D eigenvalue weighted by molar-refractivity contribution is 7.07. The van der Waals surface area contributed by atoms with E-state index in [1.165, 1.54) is 16.9 Å². The molecule has 6 rings (SSSR count). The van der Waals surface area contributed by atoms with Gasteiger partial charge in [-0.1, -0.05) is 105 Å². The largest absolute Gasteiger partial charge is 0.463 e. The maximum Gasteiger partial charge on any atom is 0.338 e. The van der Waals surface area contributed by atoms with Crippen molar-refractivity contribution >= 4 is 45.9 Å². The molecule has 0 unspecified atom stereocenters. The maximum atomic E-state index is 14.3. The second-order valence-electron chi connectivity index (χ2n) is 11.6. The quantitative estimate of drug-likeness (QED) is 0.159. The number of esters is 1. The molecule has 0 N–H and O–H groups in total. The Morgan fingerprint density at radius 1 is 1.04 bits per heavy atom. The van der Waals surface area contributed by atoms with Gasteiger partial charge in [-0.2, -0.15) is 0 Å². The Labute approximate surface area is 271 Å². The summed E-state index contributed by atoms with van der Waals surface area (Å²) >= 11 is 7.48. The number of ether oxygens (including phenoxy) is 1. The van der Waals surface area contributed by atoms with Gasteiger partial charge in [0.05, 0.1) is 28.5 Å². The minimum Gasteiger partial charge on any atom is -0.463 e. The summed E-state index contributed by atoms with van der Waals surface area (Å²) in [6, 6.07) is 23.6. The van der Waals surface area contributed by atoms with Crippen LogP contribution in [0.5, 0.6) is 0 Å². The summed E-state index contributed by atoms with van der Waals surface area (Å²) in [5.74, 6) is -0.0687. The van der Waals surface area contributed by atoms with Crippen LogP contribution in [0, 0.1) is 0 Å². The number of halogens is 1. The first kappa shape index (κ1) is 30.8. The van der Waals surface area contributed by atoms with E-state index in [4.69, 9.17) is 21.3 Å². The molecule has 230 valence electrons. The molecule has 0 amide bonds. The van der Waals surface area contributed by atoms with E-state index in [9.17, 15) is 9.59 Å². The lowest BCUT2D eigenvalue weighted by Gasteiger charge is -2.26. The number of fused-ring (bicyclic) bond motifs is 2. The molecule has 0 saturated carbocycles. The molecule has 0 radical (unpaired) electrons. The van der Waals surface area contributed by atoms with Crippen molar-refractivity contribution in [1.82, 2.24) is 9.13 Å². The van der Waals surface area contributed by atoms with E-state index in [0.29, 0.717) is 44.5 Å². The van der Waals surface area contributed by atoms with Gasteiger partial charge in [0.2, 0.25) is 0 Å². The zero-order valence-electron chi connectivity index (χ0n) is 25.9. The highest BCUT2D eigenvalue weighted by atomic mass is 35.5. The van der Waals surface area contributed by atoms with Crippen molar-refractivity contribution < 1.29 is 9.53 Å². The lowest BCUT2D eigenvalue weighted by atomic mass is 9.92. The molecule has 6 nitrogen and oxygen atoms in total. The van der Waals surface area contributed by atoms with Gasteiger partial charge in [0, 0.05) is 34.2 Å². The maximum absolute atomic E-state index is 14.3. The van der Waals surface area contributed by atoms with Gasteiger partial charge in [-0.15, -0.1) is 0 Å². The number of para-hydroxylation sites is 1. The predicted molar refractivity (Wildman–Crippen MR) is 183 cm³/mol. The Balaban J connectivity index is 1.52. The fourth-order valence-electron chi connectivity index (χ4n) is 5.95. The number of carbonyl (C=O) groups is 1. The molecular formula is C37H36ClN3O3S. The van der Waals surface area contributed by atoms with Gasteiger partial charge in [0.15, 0.2) is 4.80 Å². The molecule has 45 heavy (non-hydrogen) atoms. The van der Waals surface area contributed by atoms with Gasteiger partial charge in [-0.3, -0.25) is 9.36 Å². The van der Waals surface area contributed by atoms with Crippen LogP contribution in [0.1, 0.15) is 74.8 Å². The number of thiazole rings is 1. The van der Waals surface area contributed by atoms with Crippen LogP contribution in [0.15, 0.2) is 100 Å². The van der Waals surface area contributed by atoms with Gasteiger partial charge < -0.3 is 9.30 Å². The summed E-state index contributed by atoms with van der Waals surface area (Å²) in [6.07, 6.45) is 5.46. The number of rotatable bonds is 9. The molecule has 1 atom stereocenters. The molecule has 3 heterocycles. The smallest absolute Gasteiger partial charge is 0.338 e. The average Bonchev–Trinajstić information content (AvgIpc) is 3.54. The molecule has 8 heteroatoms. The minimum absolute atomic E-state index is 0.177. The van der Waals surface area contributed by atoms with Crippen LogP contribution in [0.4, 0.5) is 0 Å². The van der Waals surface area contributed by atoms with Crippen molar-refractivity contribution in [3.63, 3.8) is 0 Å². The third-order valence-corrected chi connectivity index (χ3v) is 9.42. The van der Waals surface area contributed by atoms with Crippen LogP contribution in [0.25, 0.3) is 17.0 Å². The monoisotopic (exact) mass is 637 g/mol. The summed E-state index contributed by atoms with van der Waals surface area (Å²) < 4.78 is 9.98. The van der Waals surface area contributed by atoms with Crippen LogP contribution < -0.4 is 14.9 Å². The molecule has 0 saturated heterocycles. The summed E-state index contributed by atoms with van der Waals surface area (Å²) in [5.41, 5.74) is 6.14. The van der Waals surface area contributed by atoms with Gasteiger partial charge in [-0.05, 0) is 60.2 Å². The highest BCUT2D eigenvalue weighted by Crippen LogP contribution is 2.33. The van der Waals surface area contributed by atoms with E-state index in [1.54, 1.807) is 11.5 Å². The van der Waals surface area contributed by atoms with E-state index in [1.807, 2.05) is 54.6 Å². The molecule has 0 spiro atoms. The Morgan fingerprint density at radius 2 is 1.78 bits per heavy atom. The topological polar surface area (TPSA) is 65.6 Å². The van der Waals surface area contributed by atoms with Crippen LogP contribution in [-0.2, 0) is 16.1 Å². The fourth-order valence-corrected chi connectivity index (χ4v) is 7.09. The van der Waals surface area contributed by atoms with E-state index in [0.717, 1.165) is 34.0 Å². The summed E-state index contributed by atoms with van der Waals surface area (Å²) in [6.45, 7) is 9.06. The van der Waals surface area contributed by atoms with Crippen LogP contribution in [-0.4, -0.2) is 21.7 Å². The number of allylic oxidation sites excluding steroid dienone is 1. The molecule has 0 fully saturated rings. The third kappa shape index (κ3) is 6.07. The fraction of sp³-hybridized carbons (Fsp3) is 0.270. The van der Waals surface area contributed by atoms with E-state index >= 15 is 0 Å². The zero-order valence-corrected chi connectivity index (χ0v) is 27.5. The highest BCUT2D eigenvalue weighted by Gasteiger charge is 2.34. The molecule has 3 aromatic carbocycles. The molecule has 5 aromatic rings. The third-order valence-electron chi connectivity index (χ3n) is 8.18. The van der Waals surface area contributed by atoms with Crippen LogP contribution in [0.2, 0.25) is 5.02 Å². The Bertz CT molecular complexity index is 2080. The second-order valence-corrected chi connectivity index (χ2v) is 13.0. The van der Waals surface area contributed by atoms with Gasteiger partial charge in [-0.25, -0.2) is 9.79 Å². The summed E-state index contributed by atoms with van der Waals surface area (Å²) in [7, 11) is 0. The SMILES string of the molecule is CCCC1=C(C(=O)OCC)[C@@H](c2ccc(C(C)C)cc2)n2c(s/c(=C/c3cn(Cc4ccc(Cl)cc4)c4ccccc34)c2=O)=N1. The summed E-state index contributed by atoms with van der Waals surface area (Å²) in [4.78, 5) is 33.3. The molecular weight excluding hydrogens is 602 g/mol. The van der Waals surface area contributed by atoms with Crippen molar-refractivity contribution in [2.45, 2.75) is 59.0 Å². The number of aromatic nitrogens is 2. The average molecular weight is 638 g/mol. The van der Waals surface area contributed by atoms with Crippen molar-refractivity contribution in [1.29, 1.82) is 0 Å². The molecule has 0 aliphatic carbocycles. The lowest BCUT2D eigenvalue weighted by Crippen LogP contribution is -2.40. The molecule has 0 bridgehead atoms. The molecule has 1 aliphatic rings. The standard InChI is InChI=1S/C37H36ClN3O3S/c1-5-9-30-33(36(43)44-6-2)34(26-16-14-25(15-17-26)23(3)4)41-35(42)32(45-37(41)39-30)20-27-22-40(31-11-8-7-10-29(27)31)21-24-12-18-28(38)19-13-24/h7-8,10-20,22-23,34H,5-6,9,21H2,1-4H3/b32-20+/t34-/m1/s1. The Hall–Kier alpha value is -4.20. The molecule has 2 aromatic heterocycles. The van der Waals surface area contributed by atoms with Crippen molar-refractivity contribution in [3.05, 3.63) is 137 Å². The minimum atomic E-state index is -0.628. The van der Waals surface area contributed by atoms with Crippen LogP contribution in [0.3, 0.4) is 0 Å². The molecule has 1 aliphatic heterocycles. The lowest BCUT2D eigenvalue weighted by molar-refractivity contribution is -0.139. The van der Waals surface area contributed by atoms with Gasteiger partial charge in [0.1, 0.15) is 0 Å². The zero-order chi connectivity index (χ0) is 31.7. The number of nitrogens with zero attached hydrogens (tertiary/aromatic N) is 3. The number of benzene rings is 3. The van der Waals surface area contributed by atoms with Crippen molar-refractivity contribution in [2.24, 2.45) is 4.99 Å². The van der Waals surface area contributed by atoms with Gasteiger partial charge >= 0.3 is 5.97 Å². The Kier molecular flexibility index (Phi) is 8.92. The number of hydrogen-bond donors (Lipinski definition) is 0. The number of hydrogen-bond acceptors (Lipinski definition) is 5. The van der Waals surface area contributed by atoms with Crippen LogP contribution >= 0.6 is 22.9 Å². The first-order valence-electron chi connectivity index (χ1n) is 15.4. The van der Waals surface area contributed by atoms with Gasteiger partial charge in [0.25, 0.3) is 5.56 Å². The van der Waals surface area contributed by atoms with E-state index < -0.39 is 12.0 Å². The summed E-state index contributed by atoms with van der Waals surface area (Å²) in [5, 5.41) is 1.76.